The summed E-state index contributed by atoms with van der Waals surface area (Å²) in [5, 5.41) is 4.41. The van der Waals surface area contributed by atoms with E-state index in [0.29, 0.717) is 14.9 Å². The molecule has 1 saturated heterocycles. The maximum absolute atomic E-state index is 12.5. The number of thioether (sulfide) groups is 1. The van der Waals surface area contributed by atoms with E-state index >= 15 is 0 Å². The second kappa shape index (κ2) is 8.42. The molecule has 0 radical (unpaired) electrons. The first-order valence-electron chi connectivity index (χ1n) is 8.68. The van der Waals surface area contributed by atoms with Crippen LogP contribution in [-0.2, 0) is 4.79 Å². The predicted molar refractivity (Wildman–Crippen MR) is 116 cm³/mol. The number of amides is 3. The van der Waals surface area contributed by atoms with Gasteiger partial charge < -0.3 is 5.32 Å². The van der Waals surface area contributed by atoms with E-state index in [2.05, 4.69) is 10.3 Å². The number of rotatable bonds is 5. The third kappa shape index (κ3) is 4.02. The minimum Gasteiger partial charge on any atom is -0.350 e. The van der Waals surface area contributed by atoms with Crippen molar-refractivity contribution in [2.45, 2.75) is 0 Å². The Hall–Kier alpha value is -2.95. The molecule has 8 nitrogen and oxygen atoms in total. The van der Waals surface area contributed by atoms with Crippen LogP contribution in [0.15, 0.2) is 51.7 Å². The minimum absolute atomic E-state index is 0.0101. The number of carbonyl (C=O) groups excluding carboxylic acids is 3. The molecule has 0 unspecified atom stereocenters. The molecule has 30 heavy (non-hydrogen) atoms. The van der Waals surface area contributed by atoms with Crippen molar-refractivity contribution in [1.82, 2.24) is 19.6 Å². The summed E-state index contributed by atoms with van der Waals surface area (Å²) in [5.41, 5.74) is 0.161. The molecule has 3 heterocycles. The molecule has 11 heteroatoms. The standard InChI is InChI=1S/C19H13ClN4O4S2/c20-12-3-1-11(2-4-12)9-14-17(27)24(19(28)30-14)6-5-21-15(25)13-10-22-18-23(16(13)26)7-8-29-18/h1-4,7-10H,5-6H2,(H,21,25)/b14-9-. The van der Waals surface area contributed by atoms with Gasteiger partial charge in [0.15, 0.2) is 4.96 Å². The molecular formula is C19H13ClN4O4S2. The van der Waals surface area contributed by atoms with Gasteiger partial charge in [-0.25, -0.2) is 4.98 Å². The molecule has 0 aliphatic carbocycles. The summed E-state index contributed by atoms with van der Waals surface area (Å²) in [6, 6.07) is 6.87. The van der Waals surface area contributed by atoms with Crippen LogP contribution in [0.1, 0.15) is 15.9 Å². The number of nitrogens with one attached hydrogen (secondary N) is 1. The summed E-state index contributed by atoms with van der Waals surface area (Å²) in [5.74, 6) is -1.05. The number of nitrogens with zero attached hydrogens (tertiary/aromatic N) is 3. The normalized spacial score (nSPS) is 15.4. The lowest BCUT2D eigenvalue weighted by Gasteiger charge is -2.12. The van der Waals surface area contributed by atoms with Crippen molar-refractivity contribution in [2.75, 3.05) is 13.1 Å². The smallest absolute Gasteiger partial charge is 0.293 e. The second-order valence-electron chi connectivity index (χ2n) is 6.17. The lowest BCUT2D eigenvalue weighted by atomic mass is 10.2. The lowest BCUT2D eigenvalue weighted by molar-refractivity contribution is -0.122. The van der Waals surface area contributed by atoms with Gasteiger partial charge >= 0.3 is 0 Å². The van der Waals surface area contributed by atoms with Gasteiger partial charge in [0.1, 0.15) is 5.56 Å². The van der Waals surface area contributed by atoms with Crippen molar-refractivity contribution >= 4 is 62.8 Å². The molecule has 0 spiro atoms. The molecule has 4 rings (SSSR count). The maximum atomic E-state index is 12.5. The first-order chi connectivity index (χ1) is 14.4. The fourth-order valence-electron chi connectivity index (χ4n) is 2.76. The third-order valence-electron chi connectivity index (χ3n) is 4.25. The summed E-state index contributed by atoms with van der Waals surface area (Å²) in [7, 11) is 0. The van der Waals surface area contributed by atoms with E-state index in [-0.39, 0.29) is 18.7 Å². The monoisotopic (exact) mass is 460 g/mol. The number of halogens is 1. The summed E-state index contributed by atoms with van der Waals surface area (Å²) in [6.45, 7) is 0.000695. The molecule has 0 atom stereocenters. The Labute approximate surface area is 183 Å². The number of benzene rings is 1. The van der Waals surface area contributed by atoms with Crippen LogP contribution in [0.3, 0.4) is 0 Å². The summed E-state index contributed by atoms with van der Waals surface area (Å²) in [6.07, 6.45) is 4.38. The Morgan fingerprint density at radius 1 is 1.20 bits per heavy atom. The predicted octanol–water partition coefficient (Wildman–Crippen LogP) is 2.88. The number of hydrogen-bond acceptors (Lipinski definition) is 7. The molecule has 152 valence electrons. The van der Waals surface area contributed by atoms with Gasteiger partial charge in [-0.05, 0) is 35.5 Å². The molecule has 2 aromatic heterocycles. The van der Waals surface area contributed by atoms with E-state index in [0.717, 1.165) is 22.2 Å². The number of aromatic nitrogens is 2. The molecule has 0 bridgehead atoms. The van der Waals surface area contributed by atoms with Crippen molar-refractivity contribution in [2.24, 2.45) is 0 Å². The van der Waals surface area contributed by atoms with E-state index in [1.807, 2.05) is 0 Å². The van der Waals surface area contributed by atoms with Crippen molar-refractivity contribution in [1.29, 1.82) is 0 Å². The number of imide groups is 1. The van der Waals surface area contributed by atoms with Crippen LogP contribution in [-0.4, -0.2) is 44.4 Å². The molecular weight excluding hydrogens is 448 g/mol. The highest BCUT2D eigenvalue weighted by Crippen LogP contribution is 2.32. The molecule has 1 aromatic carbocycles. The Balaban J connectivity index is 1.39. The Morgan fingerprint density at radius 3 is 2.73 bits per heavy atom. The summed E-state index contributed by atoms with van der Waals surface area (Å²) >= 11 is 7.96. The quantitative estimate of drug-likeness (QED) is 0.587. The van der Waals surface area contributed by atoms with Crippen molar-refractivity contribution in [3.63, 3.8) is 0 Å². The number of thiazole rings is 1. The highest BCUT2D eigenvalue weighted by atomic mass is 35.5. The molecule has 3 aromatic rings. The average molecular weight is 461 g/mol. The van der Waals surface area contributed by atoms with Crippen molar-refractivity contribution in [3.05, 3.63) is 73.4 Å². The molecule has 1 aliphatic rings. The van der Waals surface area contributed by atoms with E-state index < -0.39 is 22.6 Å². The van der Waals surface area contributed by atoms with Gasteiger partial charge in [-0.15, -0.1) is 11.3 Å². The maximum Gasteiger partial charge on any atom is 0.293 e. The van der Waals surface area contributed by atoms with Gasteiger partial charge in [0.2, 0.25) is 0 Å². The SMILES string of the molecule is O=C(NCCN1C(=O)S/C(=C\c2ccc(Cl)cc2)C1=O)c1cnc2sccn2c1=O. The zero-order chi connectivity index (χ0) is 21.3. The van der Waals surface area contributed by atoms with Crippen LogP contribution in [0, 0.1) is 0 Å². The van der Waals surface area contributed by atoms with Gasteiger partial charge in [0.05, 0.1) is 4.91 Å². The largest absolute Gasteiger partial charge is 0.350 e. The highest BCUT2D eigenvalue weighted by Gasteiger charge is 2.34. The zero-order valence-corrected chi connectivity index (χ0v) is 17.6. The number of carbonyl (C=O) groups is 3. The highest BCUT2D eigenvalue weighted by molar-refractivity contribution is 8.18. The van der Waals surface area contributed by atoms with Gasteiger partial charge in [-0.3, -0.25) is 28.5 Å². The van der Waals surface area contributed by atoms with Gasteiger partial charge in [-0.1, -0.05) is 23.7 Å². The lowest BCUT2D eigenvalue weighted by Crippen LogP contribution is -2.39. The van der Waals surface area contributed by atoms with Gasteiger partial charge in [-0.2, -0.15) is 0 Å². The Bertz CT molecular complexity index is 1250. The molecule has 1 fully saturated rings. The van der Waals surface area contributed by atoms with Crippen LogP contribution in [0.25, 0.3) is 11.0 Å². The zero-order valence-electron chi connectivity index (χ0n) is 15.2. The van der Waals surface area contributed by atoms with Crippen LogP contribution in [0.2, 0.25) is 5.02 Å². The third-order valence-corrected chi connectivity index (χ3v) is 6.18. The summed E-state index contributed by atoms with van der Waals surface area (Å²) < 4.78 is 1.29. The van der Waals surface area contributed by atoms with Crippen LogP contribution in [0.4, 0.5) is 4.79 Å². The van der Waals surface area contributed by atoms with Gasteiger partial charge in [0, 0.05) is 35.9 Å². The van der Waals surface area contributed by atoms with E-state index in [4.69, 9.17) is 11.6 Å². The first-order valence-corrected chi connectivity index (χ1v) is 10.8. The van der Waals surface area contributed by atoms with Crippen molar-refractivity contribution < 1.29 is 14.4 Å². The summed E-state index contributed by atoms with van der Waals surface area (Å²) in [4.78, 5) is 55.3. The molecule has 3 amide bonds. The molecule has 1 N–H and O–H groups in total. The topological polar surface area (TPSA) is 101 Å². The van der Waals surface area contributed by atoms with E-state index in [1.54, 1.807) is 41.9 Å². The van der Waals surface area contributed by atoms with E-state index in [9.17, 15) is 19.2 Å². The van der Waals surface area contributed by atoms with E-state index in [1.165, 1.54) is 21.9 Å². The van der Waals surface area contributed by atoms with Crippen LogP contribution < -0.4 is 10.9 Å². The Kier molecular flexibility index (Phi) is 5.71. The Morgan fingerprint density at radius 2 is 1.97 bits per heavy atom. The molecule has 0 saturated carbocycles. The second-order valence-corrected chi connectivity index (χ2v) is 8.48. The van der Waals surface area contributed by atoms with Crippen LogP contribution in [0.5, 0.6) is 0 Å². The number of fused-ring (bicyclic) bond motifs is 1. The average Bonchev–Trinajstić information content (AvgIpc) is 3.30. The van der Waals surface area contributed by atoms with Crippen LogP contribution >= 0.6 is 34.7 Å². The fourth-order valence-corrected chi connectivity index (χ4v) is 4.43. The number of hydrogen-bond donors (Lipinski definition) is 1. The molecule has 1 aliphatic heterocycles. The minimum atomic E-state index is -0.614. The fraction of sp³-hybridized carbons (Fsp3) is 0.105. The first kappa shape index (κ1) is 20.3. The van der Waals surface area contributed by atoms with Crippen molar-refractivity contribution in [3.8, 4) is 0 Å². The van der Waals surface area contributed by atoms with Gasteiger partial charge in [0.25, 0.3) is 22.6 Å².